The van der Waals surface area contributed by atoms with E-state index in [0.717, 1.165) is 26.2 Å². The molecule has 2 aromatic rings. The largest absolute Gasteiger partial charge is 0.341 e. The van der Waals surface area contributed by atoms with Crippen molar-refractivity contribution in [1.82, 2.24) is 10.2 Å². The summed E-state index contributed by atoms with van der Waals surface area (Å²) in [4.78, 5) is 5.06. The number of hydrogen-bond donors (Lipinski definition) is 1. The molecule has 26 heavy (non-hydrogen) atoms. The molecule has 0 saturated carbocycles. The topological polar surface area (TPSA) is 18.5 Å². The van der Waals surface area contributed by atoms with Gasteiger partial charge in [-0.15, -0.1) is 0 Å². The van der Waals surface area contributed by atoms with Gasteiger partial charge in [-0.25, -0.2) is 0 Å². The van der Waals surface area contributed by atoms with Crippen molar-refractivity contribution in [3.8, 4) is 0 Å². The van der Waals surface area contributed by atoms with Crippen LogP contribution in [0.1, 0.15) is 31.4 Å². The Morgan fingerprint density at radius 2 is 1.31 bits per heavy atom. The Morgan fingerprint density at radius 1 is 0.846 bits per heavy atom. The number of piperazine rings is 1. The molecule has 1 heterocycles. The molecule has 0 bridgehead atoms. The van der Waals surface area contributed by atoms with Crippen LogP contribution < -0.4 is 10.2 Å². The third kappa shape index (κ3) is 5.09. The fraction of sp³-hybridized carbons (Fsp3) is 0.478. The summed E-state index contributed by atoms with van der Waals surface area (Å²) in [6.45, 7) is 13.4. The number of anilines is 2. The molecule has 1 N–H and O–H groups in total. The second kappa shape index (κ2) is 8.70. The molecule has 0 aliphatic carbocycles. The minimum atomic E-state index is 0.587. The summed E-state index contributed by atoms with van der Waals surface area (Å²) >= 11 is 0. The molecule has 1 saturated heterocycles. The summed E-state index contributed by atoms with van der Waals surface area (Å²) in [5.74, 6) is 0. The van der Waals surface area contributed by atoms with Gasteiger partial charge in [0.2, 0.25) is 0 Å². The number of nitrogens with one attached hydrogen (secondary N) is 1. The highest BCUT2D eigenvalue weighted by atomic mass is 15.2. The number of benzene rings is 2. The van der Waals surface area contributed by atoms with Gasteiger partial charge in [0, 0.05) is 43.1 Å². The van der Waals surface area contributed by atoms with Gasteiger partial charge in [0.25, 0.3) is 0 Å². The van der Waals surface area contributed by atoms with Crippen LogP contribution in [0.3, 0.4) is 0 Å². The molecule has 0 radical (unpaired) electrons. The molecule has 3 nitrogen and oxygen atoms in total. The summed E-state index contributed by atoms with van der Waals surface area (Å²) in [6, 6.07) is 19.0. The van der Waals surface area contributed by atoms with Crippen molar-refractivity contribution in [3.63, 3.8) is 0 Å². The summed E-state index contributed by atoms with van der Waals surface area (Å²) in [7, 11) is 0. The second-order valence-electron chi connectivity index (χ2n) is 7.90. The molecule has 2 aromatic carbocycles. The fourth-order valence-electron chi connectivity index (χ4n) is 3.93. The van der Waals surface area contributed by atoms with Crippen LogP contribution in [-0.4, -0.2) is 43.2 Å². The van der Waals surface area contributed by atoms with Gasteiger partial charge in [0.15, 0.2) is 0 Å². The first-order chi connectivity index (χ1) is 12.5. The molecule has 1 aliphatic rings. The molecular formula is C23H33N3. The number of hydrogen-bond acceptors (Lipinski definition) is 3. The normalized spacial score (nSPS) is 20.9. The lowest BCUT2D eigenvalue weighted by atomic mass is 10.1. The molecule has 0 unspecified atom stereocenters. The SMILES string of the molecule is Cc1ccc(N(CCCN2C[C@@H](C)N[C@@H](C)C2)c2ccc(C)cc2)cc1. The Bertz CT molecular complexity index is 622. The number of rotatable bonds is 6. The van der Waals surface area contributed by atoms with Crippen LogP contribution in [-0.2, 0) is 0 Å². The highest BCUT2D eigenvalue weighted by molar-refractivity contribution is 5.63. The maximum absolute atomic E-state index is 3.62. The van der Waals surface area contributed by atoms with Gasteiger partial charge in [0.05, 0.1) is 0 Å². The maximum Gasteiger partial charge on any atom is 0.0410 e. The van der Waals surface area contributed by atoms with Crippen LogP contribution in [0.25, 0.3) is 0 Å². The van der Waals surface area contributed by atoms with Crippen molar-refractivity contribution in [1.29, 1.82) is 0 Å². The van der Waals surface area contributed by atoms with Gasteiger partial charge < -0.3 is 15.1 Å². The molecule has 0 amide bonds. The van der Waals surface area contributed by atoms with E-state index in [0.29, 0.717) is 12.1 Å². The van der Waals surface area contributed by atoms with Crippen molar-refractivity contribution in [2.24, 2.45) is 0 Å². The molecule has 2 atom stereocenters. The standard InChI is InChI=1S/C23H33N3/c1-18-6-10-22(11-7-18)26(23-12-8-19(2)9-13-23)15-5-14-25-16-20(3)24-21(4)17-25/h6-13,20-21,24H,5,14-17H2,1-4H3/t20-,21+. The minimum Gasteiger partial charge on any atom is -0.341 e. The quantitative estimate of drug-likeness (QED) is 0.826. The lowest BCUT2D eigenvalue weighted by Crippen LogP contribution is -2.54. The van der Waals surface area contributed by atoms with Crippen LogP contribution in [0, 0.1) is 13.8 Å². The Labute approximate surface area is 159 Å². The van der Waals surface area contributed by atoms with Gasteiger partial charge in [-0.1, -0.05) is 35.4 Å². The Balaban J connectivity index is 1.67. The highest BCUT2D eigenvalue weighted by Gasteiger charge is 2.20. The van der Waals surface area contributed by atoms with Gasteiger partial charge >= 0.3 is 0 Å². The van der Waals surface area contributed by atoms with Crippen molar-refractivity contribution >= 4 is 11.4 Å². The Kier molecular flexibility index (Phi) is 6.33. The van der Waals surface area contributed by atoms with Gasteiger partial charge in [-0.3, -0.25) is 0 Å². The molecule has 1 aliphatic heterocycles. The van der Waals surface area contributed by atoms with E-state index in [9.17, 15) is 0 Å². The van der Waals surface area contributed by atoms with Crippen LogP contribution in [0.4, 0.5) is 11.4 Å². The first-order valence-electron chi connectivity index (χ1n) is 9.90. The first-order valence-corrected chi connectivity index (χ1v) is 9.90. The van der Waals surface area contributed by atoms with E-state index < -0.39 is 0 Å². The minimum absolute atomic E-state index is 0.587. The van der Waals surface area contributed by atoms with E-state index in [4.69, 9.17) is 0 Å². The van der Waals surface area contributed by atoms with E-state index >= 15 is 0 Å². The van der Waals surface area contributed by atoms with Crippen molar-refractivity contribution < 1.29 is 0 Å². The maximum atomic E-state index is 3.62. The molecule has 3 rings (SSSR count). The second-order valence-corrected chi connectivity index (χ2v) is 7.90. The Hall–Kier alpha value is -1.84. The smallest absolute Gasteiger partial charge is 0.0410 e. The van der Waals surface area contributed by atoms with E-state index in [1.807, 2.05) is 0 Å². The van der Waals surface area contributed by atoms with Gasteiger partial charge in [-0.2, -0.15) is 0 Å². The van der Waals surface area contributed by atoms with Crippen LogP contribution in [0.15, 0.2) is 48.5 Å². The van der Waals surface area contributed by atoms with E-state index in [1.54, 1.807) is 0 Å². The number of nitrogens with zero attached hydrogens (tertiary/aromatic N) is 2. The molecule has 0 spiro atoms. The lowest BCUT2D eigenvalue weighted by Gasteiger charge is -2.36. The average Bonchev–Trinajstić information content (AvgIpc) is 2.60. The van der Waals surface area contributed by atoms with E-state index in [1.165, 1.54) is 28.9 Å². The Morgan fingerprint density at radius 3 is 1.77 bits per heavy atom. The summed E-state index contributed by atoms with van der Waals surface area (Å²) in [6.07, 6.45) is 1.17. The monoisotopic (exact) mass is 351 g/mol. The third-order valence-electron chi connectivity index (χ3n) is 5.18. The zero-order valence-corrected chi connectivity index (χ0v) is 16.7. The molecule has 3 heteroatoms. The van der Waals surface area contributed by atoms with E-state index in [2.05, 4.69) is 91.3 Å². The summed E-state index contributed by atoms with van der Waals surface area (Å²) in [5.41, 5.74) is 5.17. The molecular weight excluding hydrogens is 318 g/mol. The van der Waals surface area contributed by atoms with Crippen LogP contribution in [0.5, 0.6) is 0 Å². The molecule has 140 valence electrons. The van der Waals surface area contributed by atoms with Crippen molar-refractivity contribution in [2.75, 3.05) is 31.1 Å². The molecule has 1 fully saturated rings. The zero-order chi connectivity index (χ0) is 18.5. The fourth-order valence-corrected chi connectivity index (χ4v) is 3.93. The summed E-state index contributed by atoms with van der Waals surface area (Å²) in [5, 5.41) is 3.62. The van der Waals surface area contributed by atoms with Crippen molar-refractivity contribution in [3.05, 3.63) is 59.7 Å². The highest BCUT2D eigenvalue weighted by Crippen LogP contribution is 2.26. The predicted octanol–water partition coefficient (Wildman–Crippen LogP) is 4.51. The molecule has 0 aromatic heterocycles. The van der Waals surface area contributed by atoms with Crippen LogP contribution >= 0.6 is 0 Å². The lowest BCUT2D eigenvalue weighted by molar-refractivity contribution is 0.173. The van der Waals surface area contributed by atoms with Gasteiger partial charge in [0.1, 0.15) is 0 Å². The number of aryl methyl sites for hydroxylation is 2. The van der Waals surface area contributed by atoms with Crippen LogP contribution in [0.2, 0.25) is 0 Å². The van der Waals surface area contributed by atoms with Crippen molar-refractivity contribution in [2.45, 2.75) is 46.2 Å². The zero-order valence-electron chi connectivity index (χ0n) is 16.7. The predicted molar refractivity (Wildman–Crippen MR) is 112 cm³/mol. The van der Waals surface area contributed by atoms with E-state index in [-0.39, 0.29) is 0 Å². The van der Waals surface area contributed by atoms with Gasteiger partial charge in [-0.05, 0) is 64.9 Å². The average molecular weight is 352 g/mol. The summed E-state index contributed by atoms with van der Waals surface area (Å²) < 4.78 is 0. The third-order valence-corrected chi connectivity index (χ3v) is 5.18. The first kappa shape index (κ1) is 18.9.